The fourth-order valence-corrected chi connectivity index (χ4v) is 18.7. The molecule has 0 saturated carbocycles. The van der Waals surface area contributed by atoms with Crippen LogP contribution in [0, 0.1) is 0 Å². The van der Waals surface area contributed by atoms with Gasteiger partial charge in [-0.3, -0.25) is 0 Å². The summed E-state index contributed by atoms with van der Waals surface area (Å²) in [4.78, 5) is 10.4. The lowest BCUT2D eigenvalue weighted by Gasteiger charge is -2.40. The zero-order valence-corrected chi connectivity index (χ0v) is 51.7. The van der Waals surface area contributed by atoms with E-state index in [0.29, 0.717) is 5.82 Å². The van der Waals surface area contributed by atoms with Gasteiger partial charge in [-0.2, -0.15) is 0 Å². The lowest BCUT2D eigenvalue weighted by molar-refractivity contribution is 0.436. The van der Waals surface area contributed by atoms with Crippen LogP contribution in [-0.4, -0.2) is 9.97 Å². The molecule has 1 aromatic heterocycles. The van der Waals surface area contributed by atoms with Crippen LogP contribution in [0.3, 0.4) is 0 Å². The number of hydrogen-bond acceptors (Lipinski definition) is 5. The Morgan fingerprint density at radius 3 is 1.21 bits per heavy atom. The Bertz CT molecular complexity index is 5590. The molecule has 15 aromatic rings. The summed E-state index contributed by atoms with van der Waals surface area (Å²) < 4.78 is 30.7. The van der Waals surface area contributed by atoms with E-state index in [1.54, 1.807) is 0 Å². The average molecular weight is 1220 g/mol. The highest BCUT2D eigenvalue weighted by Crippen LogP contribution is 2.65. The topological polar surface area (TPSA) is 61.3 Å². The van der Waals surface area contributed by atoms with Gasteiger partial charge in [0.05, 0.1) is 22.0 Å². The van der Waals surface area contributed by atoms with Crippen LogP contribution < -0.4 is 25.4 Å². The molecule has 440 valence electrons. The first-order valence-electron chi connectivity index (χ1n) is 32.0. The van der Waals surface area contributed by atoms with E-state index in [2.05, 4.69) is 279 Å². The van der Waals surface area contributed by atoms with Crippen molar-refractivity contribution in [1.82, 2.24) is 9.97 Å². The molecule has 0 fully saturated rings. The summed E-state index contributed by atoms with van der Waals surface area (Å²) in [5.41, 5.74) is 22.5. The van der Waals surface area contributed by atoms with Gasteiger partial charge in [-0.25, -0.2) is 9.97 Å². The molecule has 1 unspecified atom stereocenters. The Labute approximate surface area is 545 Å². The minimum atomic E-state index is -3.51. The zero-order valence-electron chi connectivity index (χ0n) is 50.8. The fourth-order valence-electron chi connectivity index (χ4n) is 16.0. The van der Waals surface area contributed by atoms with Crippen molar-refractivity contribution in [1.29, 1.82) is 0 Å². The van der Waals surface area contributed by atoms with E-state index in [4.69, 9.17) is 19.4 Å². The number of fused-ring (bicyclic) bond motifs is 19. The van der Waals surface area contributed by atoms with E-state index in [-0.39, 0.29) is 0 Å². The Morgan fingerprint density at radius 2 is 0.638 bits per heavy atom. The molecule has 2 aliphatic heterocycles. The van der Waals surface area contributed by atoms with Crippen molar-refractivity contribution in [3.8, 4) is 101 Å². The third-order valence-electron chi connectivity index (χ3n) is 20.1. The van der Waals surface area contributed by atoms with Gasteiger partial charge in [-0.1, -0.05) is 273 Å². The van der Waals surface area contributed by atoms with E-state index < -0.39 is 18.0 Å². The predicted octanol–water partition coefficient (Wildman–Crippen LogP) is 20.5. The molecule has 2 aliphatic carbocycles. The molecule has 0 bridgehead atoms. The minimum Gasteiger partial charge on any atom is -0.457 e. The lowest BCUT2D eigenvalue weighted by Crippen LogP contribution is -2.32. The number of aromatic nitrogens is 2. The quantitative estimate of drug-likeness (QED) is 0.142. The van der Waals surface area contributed by atoms with Crippen LogP contribution in [-0.2, 0) is 15.4 Å². The van der Waals surface area contributed by atoms with Crippen molar-refractivity contribution in [3.05, 3.63) is 378 Å². The SMILES string of the molecule is O=P(c1ccccc1)(c1ccc(-c2ccc3c(c2)C2(c4ccccc4O3)c3ccccc3-c3ccccc32)cc1)c1cccc(-c2ccc3c(c2)C2(c4cc(-c5cccc(-c6nc(-c7ccccc7)c7ccccc7n6)c5)ccc4O3)c3ccccc3-c3ccccc32)c1. The maximum absolute atomic E-state index is 16.7. The molecule has 6 heteroatoms. The predicted molar refractivity (Wildman–Crippen MR) is 381 cm³/mol. The zero-order chi connectivity index (χ0) is 62.1. The first kappa shape index (κ1) is 54.0. The molecular weight excluding hydrogens is 1160 g/mol. The van der Waals surface area contributed by atoms with Gasteiger partial charge in [0, 0.05) is 54.7 Å². The normalized spacial score (nSPS) is 14.2. The molecule has 0 saturated heterocycles. The van der Waals surface area contributed by atoms with Gasteiger partial charge < -0.3 is 14.0 Å². The molecule has 3 heterocycles. The van der Waals surface area contributed by atoms with E-state index in [1.165, 1.54) is 44.5 Å². The van der Waals surface area contributed by atoms with Crippen LogP contribution in [0.5, 0.6) is 23.0 Å². The third kappa shape index (κ3) is 7.86. The first-order chi connectivity index (χ1) is 46.4. The summed E-state index contributed by atoms with van der Waals surface area (Å²) in [6, 6.07) is 118. The van der Waals surface area contributed by atoms with Crippen LogP contribution in [0.15, 0.2) is 334 Å². The van der Waals surface area contributed by atoms with Crippen molar-refractivity contribution in [2.45, 2.75) is 10.8 Å². The van der Waals surface area contributed by atoms with Crippen molar-refractivity contribution in [3.63, 3.8) is 0 Å². The first-order valence-corrected chi connectivity index (χ1v) is 33.7. The Morgan fingerprint density at radius 1 is 0.255 bits per heavy atom. The monoisotopic (exact) mass is 1220 g/mol. The number of ether oxygens (including phenoxy) is 2. The largest absolute Gasteiger partial charge is 0.457 e. The van der Waals surface area contributed by atoms with Gasteiger partial charge >= 0.3 is 0 Å². The molecule has 1 atom stereocenters. The van der Waals surface area contributed by atoms with Crippen LogP contribution in [0.2, 0.25) is 0 Å². The Balaban J connectivity index is 0.717. The standard InChI is InChI=1S/C88H55N2O3P/c91-94(64-26-5-2-6-27-64,65-46-41-56(42-47-65)60-43-48-82-77(53-60)87(76-38-16-18-40-81(76)92-82)72-34-12-7-29-67(72)68-30-8-13-35-73(68)87)66-28-20-24-59(52-66)62-45-50-84-79(55-62)88(74-36-14-9-31-69(74)70-32-10-15-37-75(70)88)78-54-61(44-49-83(78)93-84)58-23-19-25-63(51-58)86-89-80-39-17-11-33-71(80)85(90-86)57-21-3-1-4-22-57/h1-55H. The van der Waals surface area contributed by atoms with Crippen LogP contribution in [0.1, 0.15) is 44.5 Å². The van der Waals surface area contributed by atoms with Crippen molar-refractivity contribution < 1.29 is 14.0 Å². The summed E-state index contributed by atoms with van der Waals surface area (Å²) in [6.45, 7) is 0. The summed E-state index contributed by atoms with van der Waals surface area (Å²) in [7, 11) is -3.51. The fraction of sp³-hybridized carbons (Fsp3) is 0.0227. The third-order valence-corrected chi connectivity index (χ3v) is 23.2. The molecule has 0 radical (unpaired) electrons. The van der Waals surface area contributed by atoms with Gasteiger partial charge in [-0.05, 0) is 139 Å². The summed E-state index contributed by atoms with van der Waals surface area (Å²) in [6.07, 6.45) is 0. The highest BCUT2D eigenvalue weighted by molar-refractivity contribution is 7.85. The van der Waals surface area contributed by atoms with E-state index in [9.17, 15) is 0 Å². The van der Waals surface area contributed by atoms with Gasteiger partial charge in [0.1, 0.15) is 23.0 Å². The molecule has 14 aromatic carbocycles. The number of benzene rings is 14. The van der Waals surface area contributed by atoms with Crippen molar-refractivity contribution in [2.75, 3.05) is 0 Å². The minimum absolute atomic E-state index is 0.592. The van der Waals surface area contributed by atoms with Gasteiger partial charge in [-0.15, -0.1) is 0 Å². The van der Waals surface area contributed by atoms with E-state index in [1.807, 2.05) is 54.6 Å². The Hall–Kier alpha value is -11.8. The molecular formula is C88H55N2O3P. The average Bonchev–Trinajstić information content (AvgIpc) is 1.49. The summed E-state index contributed by atoms with van der Waals surface area (Å²) in [5.74, 6) is 3.95. The van der Waals surface area contributed by atoms with Crippen LogP contribution in [0.4, 0.5) is 0 Å². The summed E-state index contributed by atoms with van der Waals surface area (Å²) in [5, 5.41) is 3.28. The highest BCUT2D eigenvalue weighted by Gasteiger charge is 2.53. The molecule has 19 rings (SSSR count). The molecule has 94 heavy (non-hydrogen) atoms. The number of nitrogens with zero attached hydrogens (tertiary/aromatic N) is 2. The van der Waals surface area contributed by atoms with Crippen molar-refractivity contribution >= 4 is 34.0 Å². The second-order valence-corrected chi connectivity index (χ2v) is 27.7. The lowest BCUT2D eigenvalue weighted by atomic mass is 9.65. The van der Waals surface area contributed by atoms with E-state index >= 15 is 4.57 Å². The second-order valence-electron chi connectivity index (χ2n) is 24.9. The molecule has 0 N–H and O–H groups in total. The number of rotatable bonds is 8. The molecule has 0 amide bonds. The highest BCUT2D eigenvalue weighted by atomic mass is 31.2. The van der Waals surface area contributed by atoms with E-state index in [0.717, 1.165) is 122 Å². The van der Waals surface area contributed by atoms with Gasteiger partial charge in [0.2, 0.25) is 0 Å². The number of hydrogen-bond donors (Lipinski definition) is 0. The maximum atomic E-state index is 16.7. The van der Waals surface area contributed by atoms with Gasteiger partial charge in [0.15, 0.2) is 13.0 Å². The molecule has 2 spiro atoms. The van der Waals surface area contributed by atoms with Crippen LogP contribution >= 0.6 is 7.14 Å². The smallest absolute Gasteiger partial charge is 0.171 e. The van der Waals surface area contributed by atoms with Crippen molar-refractivity contribution in [2.24, 2.45) is 0 Å². The number of para-hydroxylation sites is 2. The molecule has 4 aliphatic rings. The Kier molecular flexibility index (Phi) is 12.0. The second kappa shape index (κ2) is 20.9. The maximum Gasteiger partial charge on any atom is 0.171 e. The molecule has 5 nitrogen and oxygen atoms in total. The van der Waals surface area contributed by atoms with Crippen LogP contribution in [0.25, 0.3) is 89.2 Å². The summed E-state index contributed by atoms with van der Waals surface area (Å²) >= 11 is 0. The van der Waals surface area contributed by atoms with Gasteiger partial charge in [0.25, 0.3) is 0 Å².